The van der Waals surface area contributed by atoms with Crippen LogP contribution in [-0.2, 0) is 15.0 Å². The summed E-state index contributed by atoms with van der Waals surface area (Å²) in [7, 11) is -3.67. The molecule has 2 rings (SSSR count). The molecule has 1 aliphatic rings. The number of hydrogen-bond acceptors (Lipinski definition) is 5. The van der Waals surface area contributed by atoms with Crippen LogP contribution in [0.1, 0.15) is 17.3 Å². The van der Waals surface area contributed by atoms with Gasteiger partial charge in [-0.3, -0.25) is 4.79 Å². The molecule has 1 unspecified atom stereocenters. The molecule has 1 aromatic rings. The van der Waals surface area contributed by atoms with Gasteiger partial charge in [0.25, 0.3) is 10.2 Å². The molecule has 0 spiro atoms. The van der Waals surface area contributed by atoms with E-state index in [0.29, 0.717) is 31.1 Å². The van der Waals surface area contributed by atoms with Crippen LogP contribution in [0, 0.1) is 0 Å². The summed E-state index contributed by atoms with van der Waals surface area (Å²) in [6, 6.07) is 2.78. The molecule has 3 N–H and O–H groups in total. The van der Waals surface area contributed by atoms with Gasteiger partial charge in [-0.25, -0.2) is 0 Å². The molecule has 1 aromatic heterocycles. The first-order valence-corrected chi connectivity index (χ1v) is 8.54. The largest absolute Gasteiger partial charge is 0.481 e. The molecule has 2 heterocycles. The standard InChI is InChI=1S/C11H17N3O4S2/c15-11(16)8-9(10-2-1-7-19-10)13-20(17,18)14-5-3-12-4-6-14/h1-2,7,9,12-13H,3-6,8H2,(H,15,16). The predicted molar refractivity (Wildman–Crippen MR) is 75.8 cm³/mol. The summed E-state index contributed by atoms with van der Waals surface area (Å²) in [6.07, 6.45) is -0.272. The molecule has 7 nitrogen and oxygen atoms in total. The lowest BCUT2D eigenvalue weighted by atomic mass is 10.2. The Bertz CT molecular complexity index is 538. The maximum absolute atomic E-state index is 12.3. The van der Waals surface area contributed by atoms with Crippen molar-refractivity contribution in [3.63, 3.8) is 0 Å². The molecule has 9 heteroatoms. The van der Waals surface area contributed by atoms with Crippen molar-refractivity contribution in [3.05, 3.63) is 22.4 Å². The fraction of sp³-hybridized carbons (Fsp3) is 0.545. The van der Waals surface area contributed by atoms with Crippen molar-refractivity contribution in [1.29, 1.82) is 0 Å². The summed E-state index contributed by atoms with van der Waals surface area (Å²) >= 11 is 1.34. The predicted octanol–water partition coefficient (Wildman–Crippen LogP) is 0.00350. The van der Waals surface area contributed by atoms with Crippen LogP contribution in [0.2, 0.25) is 0 Å². The van der Waals surface area contributed by atoms with Gasteiger partial charge >= 0.3 is 5.97 Å². The molecule has 1 saturated heterocycles. The number of nitrogens with one attached hydrogen (secondary N) is 2. The third-order valence-corrected chi connectivity index (χ3v) is 5.59. The van der Waals surface area contributed by atoms with E-state index in [1.54, 1.807) is 17.5 Å². The van der Waals surface area contributed by atoms with Crippen LogP contribution in [-0.4, -0.2) is 50.0 Å². The second-order valence-corrected chi connectivity index (χ2v) is 7.12. The Morgan fingerprint density at radius 3 is 2.75 bits per heavy atom. The maximum Gasteiger partial charge on any atom is 0.305 e. The zero-order valence-corrected chi connectivity index (χ0v) is 12.4. The maximum atomic E-state index is 12.3. The smallest absolute Gasteiger partial charge is 0.305 e. The average molecular weight is 319 g/mol. The van der Waals surface area contributed by atoms with E-state index in [1.165, 1.54) is 15.6 Å². The monoisotopic (exact) mass is 319 g/mol. The molecule has 0 saturated carbocycles. The summed E-state index contributed by atoms with van der Waals surface area (Å²) in [4.78, 5) is 11.6. The summed E-state index contributed by atoms with van der Waals surface area (Å²) in [5.74, 6) is -1.04. The first-order chi connectivity index (χ1) is 9.49. The van der Waals surface area contributed by atoms with Crippen molar-refractivity contribution < 1.29 is 18.3 Å². The van der Waals surface area contributed by atoms with Gasteiger partial charge in [0.2, 0.25) is 0 Å². The lowest BCUT2D eigenvalue weighted by molar-refractivity contribution is -0.137. The topological polar surface area (TPSA) is 98.7 Å². The van der Waals surface area contributed by atoms with Crippen LogP contribution >= 0.6 is 11.3 Å². The van der Waals surface area contributed by atoms with Crippen LogP contribution in [0.5, 0.6) is 0 Å². The highest BCUT2D eigenvalue weighted by molar-refractivity contribution is 7.87. The third kappa shape index (κ3) is 4.00. The van der Waals surface area contributed by atoms with Crippen molar-refractivity contribution in [2.24, 2.45) is 0 Å². The normalized spacial score (nSPS) is 18.8. The Balaban J connectivity index is 2.12. The molecule has 0 bridgehead atoms. The number of aliphatic carboxylic acids is 1. The van der Waals surface area contributed by atoms with Crippen LogP contribution in [0.3, 0.4) is 0 Å². The lowest BCUT2D eigenvalue weighted by Crippen LogP contribution is -2.51. The minimum absolute atomic E-state index is 0.272. The van der Waals surface area contributed by atoms with Gasteiger partial charge in [0.15, 0.2) is 0 Å². The van der Waals surface area contributed by atoms with E-state index in [1.807, 2.05) is 0 Å². The number of hydrogen-bond donors (Lipinski definition) is 3. The number of piperazine rings is 1. The minimum Gasteiger partial charge on any atom is -0.481 e. The van der Waals surface area contributed by atoms with Crippen molar-refractivity contribution >= 4 is 27.5 Å². The highest BCUT2D eigenvalue weighted by atomic mass is 32.2. The molecular weight excluding hydrogens is 302 g/mol. The Labute approximate surface area is 121 Å². The Morgan fingerprint density at radius 1 is 1.50 bits per heavy atom. The number of carbonyl (C=O) groups is 1. The zero-order valence-electron chi connectivity index (χ0n) is 10.8. The number of carboxylic acids is 1. The number of rotatable bonds is 6. The zero-order chi connectivity index (χ0) is 14.6. The molecule has 1 aliphatic heterocycles. The van der Waals surface area contributed by atoms with Crippen molar-refractivity contribution in [1.82, 2.24) is 14.3 Å². The molecular formula is C11H17N3O4S2. The third-order valence-electron chi connectivity index (χ3n) is 2.97. The van der Waals surface area contributed by atoms with Gasteiger partial charge < -0.3 is 10.4 Å². The summed E-state index contributed by atoms with van der Waals surface area (Å²) in [5, 5.41) is 13.8. The molecule has 0 aromatic carbocycles. The van der Waals surface area contributed by atoms with Gasteiger partial charge in [-0.2, -0.15) is 17.4 Å². The first-order valence-electron chi connectivity index (χ1n) is 6.22. The van der Waals surface area contributed by atoms with E-state index in [-0.39, 0.29) is 6.42 Å². The minimum atomic E-state index is -3.67. The van der Waals surface area contributed by atoms with E-state index in [4.69, 9.17) is 5.11 Å². The van der Waals surface area contributed by atoms with E-state index >= 15 is 0 Å². The van der Waals surface area contributed by atoms with Crippen molar-refractivity contribution in [3.8, 4) is 0 Å². The van der Waals surface area contributed by atoms with Crippen LogP contribution in [0.25, 0.3) is 0 Å². The van der Waals surface area contributed by atoms with E-state index in [0.717, 1.165) is 0 Å². The van der Waals surface area contributed by atoms with Gasteiger partial charge in [-0.1, -0.05) is 6.07 Å². The van der Waals surface area contributed by atoms with Gasteiger partial charge in [-0.15, -0.1) is 11.3 Å². The van der Waals surface area contributed by atoms with Crippen LogP contribution in [0.15, 0.2) is 17.5 Å². The molecule has 0 amide bonds. The van der Waals surface area contributed by atoms with E-state index in [9.17, 15) is 13.2 Å². The SMILES string of the molecule is O=C(O)CC(NS(=O)(=O)N1CCNCC1)c1cccs1. The number of thiophene rings is 1. The van der Waals surface area contributed by atoms with E-state index in [2.05, 4.69) is 10.0 Å². The van der Waals surface area contributed by atoms with Crippen LogP contribution in [0.4, 0.5) is 0 Å². The molecule has 1 fully saturated rings. The van der Waals surface area contributed by atoms with Gasteiger partial charge in [0, 0.05) is 31.1 Å². The molecule has 112 valence electrons. The van der Waals surface area contributed by atoms with Crippen molar-refractivity contribution in [2.45, 2.75) is 12.5 Å². The Morgan fingerprint density at radius 2 is 2.20 bits per heavy atom. The fourth-order valence-electron chi connectivity index (χ4n) is 2.00. The second kappa shape index (κ2) is 6.64. The van der Waals surface area contributed by atoms with Gasteiger partial charge in [0.1, 0.15) is 0 Å². The average Bonchev–Trinajstić information content (AvgIpc) is 2.92. The summed E-state index contributed by atoms with van der Waals surface area (Å²) in [6.45, 7) is 1.98. The number of nitrogens with zero attached hydrogens (tertiary/aromatic N) is 1. The molecule has 1 atom stereocenters. The summed E-state index contributed by atoms with van der Waals surface area (Å²) < 4.78 is 28.4. The van der Waals surface area contributed by atoms with E-state index < -0.39 is 22.2 Å². The highest BCUT2D eigenvalue weighted by Gasteiger charge is 2.28. The first kappa shape index (κ1) is 15.4. The fourth-order valence-corrected chi connectivity index (χ4v) is 4.24. The molecule has 20 heavy (non-hydrogen) atoms. The Kier molecular flexibility index (Phi) is 5.11. The van der Waals surface area contributed by atoms with Crippen LogP contribution < -0.4 is 10.0 Å². The second-order valence-electron chi connectivity index (χ2n) is 4.44. The Hall–Kier alpha value is -1.00. The summed E-state index contributed by atoms with van der Waals surface area (Å²) in [5.41, 5.74) is 0. The molecule has 0 radical (unpaired) electrons. The lowest BCUT2D eigenvalue weighted by Gasteiger charge is -2.28. The van der Waals surface area contributed by atoms with Gasteiger partial charge in [-0.05, 0) is 11.4 Å². The van der Waals surface area contributed by atoms with Gasteiger partial charge in [0.05, 0.1) is 12.5 Å². The quantitative estimate of drug-likeness (QED) is 0.686. The number of carboxylic acid groups (broad SMARTS) is 1. The highest BCUT2D eigenvalue weighted by Crippen LogP contribution is 2.23. The molecule has 0 aliphatic carbocycles. The van der Waals surface area contributed by atoms with Crippen molar-refractivity contribution in [2.75, 3.05) is 26.2 Å².